The van der Waals surface area contributed by atoms with Crippen LogP contribution < -0.4 is 16.0 Å². The molecule has 3 aromatic rings. The number of amides is 1. The van der Waals surface area contributed by atoms with Gasteiger partial charge < -0.3 is 16.0 Å². The largest absolute Gasteiger partial charge is 0.324 e. The highest BCUT2D eigenvalue weighted by molar-refractivity contribution is 6.30. The molecule has 148 valence electrons. The number of rotatable bonds is 10. The Kier molecular flexibility index (Phi) is 7.42. The van der Waals surface area contributed by atoms with Gasteiger partial charge in [-0.1, -0.05) is 30.7 Å². The molecule has 0 aliphatic carbocycles. The lowest BCUT2D eigenvalue weighted by molar-refractivity contribution is -0.118. The zero-order chi connectivity index (χ0) is 19.8. The third-order valence-electron chi connectivity index (χ3n) is 4.46. The summed E-state index contributed by atoms with van der Waals surface area (Å²) < 4.78 is 0. The number of benzene rings is 2. The van der Waals surface area contributed by atoms with Crippen LogP contribution in [0.4, 0.5) is 5.69 Å². The van der Waals surface area contributed by atoms with E-state index in [1.54, 1.807) is 6.20 Å². The lowest BCUT2D eigenvalue weighted by atomic mass is 10.1. The molecular weight excluding hydrogens is 374 g/mol. The first-order valence-electron chi connectivity index (χ1n) is 9.61. The number of hydrogen-bond acceptors (Lipinski definition) is 4. The van der Waals surface area contributed by atoms with Gasteiger partial charge in [0.25, 0.3) is 0 Å². The van der Waals surface area contributed by atoms with Crippen LogP contribution in [0.1, 0.15) is 31.4 Å². The van der Waals surface area contributed by atoms with Gasteiger partial charge in [-0.3, -0.25) is 9.89 Å². The summed E-state index contributed by atoms with van der Waals surface area (Å²) in [4.78, 5) is 13.0. The molecule has 4 N–H and O–H groups in total. The molecule has 1 amide bonds. The van der Waals surface area contributed by atoms with Gasteiger partial charge in [0, 0.05) is 16.1 Å². The van der Waals surface area contributed by atoms with Crippen molar-refractivity contribution in [2.75, 3.05) is 25.0 Å². The van der Waals surface area contributed by atoms with E-state index in [0.717, 1.165) is 54.6 Å². The van der Waals surface area contributed by atoms with Crippen molar-refractivity contribution in [3.05, 3.63) is 59.2 Å². The molecule has 0 radical (unpaired) electrons. The Morgan fingerprint density at radius 1 is 1.18 bits per heavy atom. The van der Waals surface area contributed by atoms with Gasteiger partial charge >= 0.3 is 0 Å². The van der Waals surface area contributed by atoms with E-state index in [-0.39, 0.29) is 5.91 Å². The van der Waals surface area contributed by atoms with Gasteiger partial charge in [-0.25, -0.2) is 0 Å². The molecule has 2 aromatic carbocycles. The molecule has 0 bridgehead atoms. The van der Waals surface area contributed by atoms with Crippen LogP contribution in [0.3, 0.4) is 0 Å². The Morgan fingerprint density at radius 3 is 2.89 bits per heavy atom. The van der Waals surface area contributed by atoms with Crippen molar-refractivity contribution in [2.45, 2.75) is 25.8 Å². The molecule has 6 nitrogen and oxygen atoms in total. The minimum absolute atomic E-state index is 0.119. The minimum atomic E-state index is -0.482. The fourth-order valence-electron chi connectivity index (χ4n) is 3.04. The maximum atomic E-state index is 13.0. The van der Waals surface area contributed by atoms with Crippen LogP contribution in [0.25, 0.3) is 10.9 Å². The first-order valence-corrected chi connectivity index (χ1v) is 9.98. The fraction of sp³-hybridized carbons (Fsp3) is 0.333. The summed E-state index contributed by atoms with van der Waals surface area (Å²) in [7, 11) is 0. The summed E-state index contributed by atoms with van der Waals surface area (Å²) >= 11 is 6.15. The monoisotopic (exact) mass is 399 g/mol. The van der Waals surface area contributed by atoms with Crippen molar-refractivity contribution in [1.29, 1.82) is 0 Å². The highest BCUT2D eigenvalue weighted by atomic mass is 35.5. The van der Waals surface area contributed by atoms with Gasteiger partial charge in [0.05, 0.1) is 11.7 Å². The molecule has 0 aliphatic rings. The quantitative estimate of drug-likeness (QED) is 0.390. The zero-order valence-corrected chi connectivity index (χ0v) is 16.7. The third kappa shape index (κ3) is 5.55. The van der Waals surface area contributed by atoms with Crippen LogP contribution in [0.15, 0.2) is 48.7 Å². The Bertz CT molecular complexity index is 910. The van der Waals surface area contributed by atoms with Crippen LogP contribution in [0.2, 0.25) is 5.02 Å². The van der Waals surface area contributed by atoms with E-state index in [0.29, 0.717) is 5.02 Å². The number of hydrogen-bond donors (Lipinski definition) is 4. The van der Waals surface area contributed by atoms with E-state index in [2.05, 4.69) is 33.1 Å². The van der Waals surface area contributed by atoms with Crippen molar-refractivity contribution >= 4 is 34.1 Å². The Balaban J connectivity index is 1.68. The molecule has 0 saturated carbocycles. The summed E-state index contributed by atoms with van der Waals surface area (Å²) in [5, 5.41) is 18.2. The van der Waals surface area contributed by atoms with Crippen molar-refractivity contribution in [3.63, 3.8) is 0 Å². The highest BCUT2D eigenvalue weighted by Crippen LogP contribution is 2.21. The van der Waals surface area contributed by atoms with E-state index < -0.39 is 6.04 Å². The summed E-state index contributed by atoms with van der Waals surface area (Å²) in [6, 6.07) is 12.6. The van der Waals surface area contributed by atoms with Gasteiger partial charge in [0.15, 0.2) is 0 Å². The predicted octanol–water partition coefficient (Wildman–Crippen LogP) is 3.88. The number of nitrogens with one attached hydrogen (secondary N) is 4. The van der Waals surface area contributed by atoms with Crippen molar-refractivity contribution < 1.29 is 4.79 Å². The zero-order valence-electron chi connectivity index (χ0n) is 16.0. The number of nitrogens with zero attached hydrogens (tertiary/aromatic N) is 1. The van der Waals surface area contributed by atoms with Crippen LogP contribution in [-0.2, 0) is 4.79 Å². The summed E-state index contributed by atoms with van der Waals surface area (Å²) in [5.74, 6) is -0.119. The number of fused-ring (bicyclic) bond motifs is 1. The summed E-state index contributed by atoms with van der Waals surface area (Å²) in [6.07, 6.45) is 3.79. The fourth-order valence-corrected chi connectivity index (χ4v) is 3.24. The molecule has 0 spiro atoms. The average Bonchev–Trinajstić information content (AvgIpc) is 3.15. The summed E-state index contributed by atoms with van der Waals surface area (Å²) in [6.45, 7) is 4.80. The standard InChI is InChI=1S/C21H26ClN5O/c1-2-9-23-10-4-11-24-20(15-5-3-6-17(22)12-15)21(28)26-18-7-8-19-16(13-18)14-25-27-19/h3,5-8,12-14,20,23-24H,2,4,9-11H2,1H3,(H,25,27)(H,26,28). The first kappa shape index (κ1) is 20.3. The lowest BCUT2D eigenvalue weighted by Gasteiger charge is -2.19. The second-order valence-electron chi connectivity index (χ2n) is 6.71. The number of carbonyl (C=O) groups is 1. The maximum absolute atomic E-state index is 13.0. The van der Waals surface area contributed by atoms with Crippen LogP contribution >= 0.6 is 11.6 Å². The molecule has 0 saturated heterocycles. The van der Waals surface area contributed by atoms with Crippen LogP contribution in [-0.4, -0.2) is 35.7 Å². The van der Waals surface area contributed by atoms with E-state index in [4.69, 9.17) is 11.6 Å². The maximum Gasteiger partial charge on any atom is 0.246 e. The topological polar surface area (TPSA) is 81.8 Å². The van der Waals surface area contributed by atoms with Gasteiger partial charge in [0.1, 0.15) is 6.04 Å². The molecule has 0 fully saturated rings. The number of carbonyl (C=O) groups excluding carboxylic acids is 1. The molecule has 28 heavy (non-hydrogen) atoms. The Morgan fingerprint density at radius 2 is 2.07 bits per heavy atom. The first-order chi connectivity index (χ1) is 13.7. The van der Waals surface area contributed by atoms with Crippen molar-refractivity contribution in [3.8, 4) is 0 Å². The molecular formula is C21H26ClN5O. The smallest absolute Gasteiger partial charge is 0.246 e. The van der Waals surface area contributed by atoms with Gasteiger partial charge in [0.2, 0.25) is 5.91 Å². The van der Waals surface area contributed by atoms with E-state index >= 15 is 0 Å². The molecule has 7 heteroatoms. The summed E-state index contributed by atoms with van der Waals surface area (Å²) in [5.41, 5.74) is 2.51. The van der Waals surface area contributed by atoms with E-state index in [9.17, 15) is 4.79 Å². The molecule has 1 atom stereocenters. The predicted molar refractivity (Wildman–Crippen MR) is 115 cm³/mol. The lowest BCUT2D eigenvalue weighted by Crippen LogP contribution is -2.34. The molecule has 1 heterocycles. The minimum Gasteiger partial charge on any atom is -0.324 e. The molecule has 3 rings (SSSR count). The third-order valence-corrected chi connectivity index (χ3v) is 4.69. The number of halogens is 1. The van der Waals surface area contributed by atoms with Gasteiger partial charge in [-0.2, -0.15) is 5.10 Å². The van der Waals surface area contributed by atoms with Crippen molar-refractivity contribution in [1.82, 2.24) is 20.8 Å². The number of anilines is 1. The second-order valence-corrected chi connectivity index (χ2v) is 7.14. The van der Waals surface area contributed by atoms with Crippen LogP contribution in [0.5, 0.6) is 0 Å². The van der Waals surface area contributed by atoms with E-state index in [1.807, 2.05) is 42.5 Å². The number of aromatic nitrogens is 2. The molecule has 1 aromatic heterocycles. The second kappa shape index (κ2) is 10.2. The number of aromatic amines is 1. The van der Waals surface area contributed by atoms with Crippen molar-refractivity contribution in [2.24, 2.45) is 0 Å². The van der Waals surface area contributed by atoms with Gasteiger partial charge in [-0.05, 0) is 68.4 Å². The highest BCUT2D eigenvalue weighted by Gasteiger charge is 2.20. The Hall–Kier alpha value is -2.41. The molecule has 1 unspecified atom stereocenters. The van der Waals surface area contributed by atoms with Crippen LogP contribution in [0, 0.1) is 0 Å². The average molecular weight is 400 g/mol. The molecule has 0 aliphatic heterocycles. The Labute approximate surface area is 170 Å². The normalized spacial score (nSPS) is 12.2. The van der Waals surface area contributed by atoms with Gasteiger partial charge in [-0.15, -0.1) is 0 Å². The SMILES string of the molecule is CCCNCCCNC(C(=O)Nc1ccc2[nH]ncc2c1)c1cccc(Cl)c1. The van der Waals surface area contributed by atoms with E-state index in [1.165, 1.54) is 0 Å². The number of H-pyrrole nitrogens is 1.